The number of imidazole rings is 1. The maximum atomic E-state index is 12.3. The molecule has 0 aliphatic heterocycles. The number of halogens is 1. The molecule has 0 fully saturated rings. The Hall–Kier alpha value is -1.26. The van der Waals surface area contributed by atoms with Gasteiger partial charge in [0.05, 0.1) is 11.0 Å². The van der Waals surface area contributed by atoms with E-state index in [9.17, 15) is 4.79 Å². The molecule has 0 aliphatic carbocycles. The Labute approximate surface area is 124 Å². The molecule has 0 unspecified atom stereocenters. The van der Waals surface area contributed by atoms with Crippen LogP contribution in [0, 0.1) is 0 Å². The number of hydrogen-bond acceptors (Lipinski definition) is 2. The van der Waals surface area contributed by atoms with E-state index in [1.165, 1.54) is 0 Å². The molecule has 1 aromatic heterocycles. The molecule has 0 spiro atoms. The van der Waals surface area contributed by atoms with Gasteiger partial charge in [-0.05, 0) is 39.1 Å². The monoisotopic (exact) mass is 295 g/mol. The Morgan fingerprint density at radius 1 is 1.30 bits per heavy atom. The first-order valence-corrected chi connectivity index (χ1v) is 7.43. The minimum Gasteiger partial charge on any atom is -0.306 e. The van der Waals surface area contributed by atoms with Crippen LogP contribution < -0.4 is 5.69 Å². The molecule has 2 rings (SSSR count). The average molecular weight is 296 g/mol. The summed E-state index contributed by atoms with van der Waals surface area (Å²) in [7, 11) is 4.00. The predicted molar refractivity (Wildman–Crippen MR) is 84.6 cm³/mol. The zero-order chi connectivity index (χ0) is 14.9. The van der Waals surface area contributed by atoms with E-state index in [-0.39, 0.29) is 11.7 Å². The smallest absolute Gasteiger partial charge is 0.306 e. The van der Waals surface area contributed by atoms with Crippen molar-refractivity contribution in [2.24, 2.45) is 0 Å². The van der Waals surface area contributed by atoms with Crippen LogP contribution in [0.5, 0.6) is 0 Å². The third-order valence-corrected chi connectivity index (χ3v) is 4.06. The predicted octanol–water partition coefficient (Wildman–Crippen LogP) is 3.41. The summed E-state index contributed by atoms with van der Waals surface area (Å²) in [4.78, 5) is 17.3. The van der Waals surface area contributed by atoms with Gasteiger partial charge in [0, 0.05) is 23.2 Å². The zero-order valence-electron chi connectivity index (χ0n) is 12.5. The third kappa shape index (κ3) is 2.63. The SMILES string of the molecule is CCC(CC)n1c(=O)[nH]c2ccc(Cl)c(CN(C)C)c21. The number of nitrogens with zero attached hydrogens (tertiary/aromatic N) is 2. The molecule has 2 aromatic rings. The highest BCUT2D eigenvalue weighted by molar-refractivity contribution is 6.32. The van der Waals surface area contributed by atoms with Crippen LogP contribution in [0.4, 0.5) is 0 Å². The molecule has 110 valence electrons. The van der Waals surface area contributed by atoms with Gasteiger partial charge >= 0.3 is 5.69 Å². The first-order chi connectivity index (χ1) is 9.49. The highest BCUT2D eigenvalue weighted by Crippen LogP contribution is 2.28. The van der Waals surface area contributed by atoms with Crippen LogP contribution in [0.25, 0.3) is 11.0 Å². The first kappa shape index (κ1) is 15.1. The van der Waals surface area contributed by atoms with Crippen LogP contribution in [0.2, 0.25) is 5.02 Å². The van der Waals surface area contributed by atoms with Gasteiger partial charge in [0.1, 0.15) is 0 Å². The summed E-state index contributed by atoms with van der Waals surface area (Å²) in [5, 5.41) is 0.713. The van der Waals surface area contributed by atoms with Crippen LogP contribution in [0.3, 0.4) is 0 Å². The van der Waals surface area contributed by atoms with Crippen molar-refractivity contribution < 1.29 is 0 Å². The average Bonchev–Trinajstić information content (AvgIpc) is 2.72. The van der Waals surface area contributed by atoms with Crippen LogP contribution in [-0.4, -0.2) is 28.5 Å². The zero-order valence-corrected chi connectivity index (χ0v) is 13.3. The fraction of sp³-hybridized carbons (Fsp3) is 0.533. The van der Waals surface area contributed by atoms with Gasteiger partial charge in [-0.15, -0.1) is 0 Å². The van der Waals surface area contributed by atoms with E-state index in [0.717, 1.165) is 29.4 Å². The summed E-state index contributed by atoms with van der Waals surface area (Å²) >= 11 is 6.36. The number of benzene rings is 1. The Morgan fingerprint density at radius 3 is 2.50 bits per heavy atom. The number of aromatic amines is 1. The number of hydrogen-bond donors (Lipinski definition) is 1. The summed E-state index contributed by atoms with van der Waals surface area (Å²) in [6.45, 7) is 4.93. The molecule has 0 bridgehead atoms. The van der Waals surface area contributed by atoms with Gasteiger partial charge in [-0.1, -0.05) is 25.4 Å². The van der Waals surface area contributed by atoms with Gasteiger partial charge in [0.2, 0.25) is 0 Å². The highest BCUT2D eigenvalue weighted by Gasteiger charge is 2.18. The summed E-state index contributed by atoms with van der Waals surface area (Å²) in [6.07, 6.45) is 1.86. The lowest BCUT2D eigenvalue weighted by molar-refractivity contribution is 0.401. The highest BCUT2D eigenvalue weighted by atomic mass is 35.5. The van der Waals surface area contributed by atoms with Gasteiger partial charge in [0.15, 0.2) is 0 Å². The largest absolute Gasteiger partial charge is 0.326 e. The second-order valence-corrected chi connectivity index (χ2v) is 5.84. The summed E-state index contributed by atoms with van der Waals surface area (Å²) in [6, 6.07) is 3.95. The lowest BCUT2D eigenvalue weighted by Crippen LogP contribution is -2.22. The number of fused-ring (bicyclic) bond motifs is 1. The molecule has 0 aliphatic rings. The van der Waals surface area contributed by atoms with Crippen molar-refractivity contribution in [1.82, 2.24) is 14.5 Å². The molecular weight excluding hydrogens is 274 g/mol. The quantitative estimate of drug-likeness (QED) is 0.918. The Bertz CT molecular complexity index is 653. The van der Waals surface area contributed by atoms with Crippen molar-refractivity contribution in [1.29, 1.82) is 0 Å². The van der Waals surface area contributed by atoms with Crippen molar-refractivity contribution in [2.75, 3.05) is 14.1 Å². The van der Waals surface area contributed by atoms with E-state index in [1.807, 2.05) is 30.8 Å². The molecule has 0 amide bonds. The molecule has 1 N–H and O–H groups in total. The van der Waals surface area contributed by atoms with Crippen molar-refractivity contribution in [3.8, 4) is 0 Å². The van der Waals surface area contributed by atoms with Gasteiger partial charge in [-0.25, -0.2) is 4.79 Å². The molecule has 20 heavy (non-hydrogen) atoms. The number of nitrogens with one attached hydrogen (secondary N) is 1. The maximum absolute atomic E-state index is 12.3. The molecule has 0 atom stereocenters. The van der Waals surface area contributed by atoms with Gasteiger partial charge in [-0.3, -0.25) is 4.57 Å². The van der Waals surface area contributed by atoms with Gasteiger partial charge < -0.3 is 9.88 Å². The number of rotatable bonds is 5. The van der Waals surface area contributed by atoms with E-state index in [1.54, 1.807) is 0 Å². The molecule has 0 saturated carbocycles. The molecule has 0 radical (unpaired) electrons. The van der Waals surface area contributed by atoms with Crippen LogP contribution in [0.15, 0.2) is 16.9 Å². The summed E-state index contributed by atoms with van der Waals surface area (Å²) in [5.41, 5.74) is 2.78. The van der Waals surface area contributed by atoms with E-state index in [2.05, 4.69) is 23.7 Å². The van der Waals surface area contributed by atoms with Crippen molar-refractivity contribution in [3.05, 3.63) is 33.2 Å². The maximum Gasteiger partial charge on any atom is 0.326 e. The minimum absolute atomic E-state index is 0.0454. The molecule has 5 heteroatoms. The van der Waals surface area contributed by atoms with E-state index >= 15 is 0 Å². The molecule has 0 saturated heterocycles. The summed E-state index contributed by atoms with van der Waals surface area (Å²) < 4.78 is 1.88. The first-order valence-electron chi connectivity index (χ1n) is 7.05. The van der Waals surface area contributed by atoms with Crippen molar-refractivity contribution in [2.45, 2.75) is 39.3 Å². The fourth-order valence-electron chi connectivity index (χ4n) is 2.73. The van der Waals surface area contributed by atoms with E-state index < -0.39 is 0 Å². The van der Waals surface area contributed by atoms with Crippen molar-refractivity contribution in [3.63, 3.8) is 0 Å². The summed E-state index contributed by atoms with van der Waals surface area (Å²) in [5.74, 6) is 0. The van der Waals surface area contributed by atoms with Gasteiger partial charge in [-0.2, -0.15) is 0 Å². The second-order valence-electron chi connectivity index (χ2n) is 5.43. The number of aromatic nitrogens is 2. The lowest BCUT2D eigenvalue weighted by Gasteiger charge is -2.18. The lowest BCUT2D eigenvalue weighted by atomic mass is 10.1. The Morgan fingerprint density at radius 2 is 1.95 bits per heavy atom. The van der Waals surface area contributed by atoms with E-state index in [0.29, 0.717) is 11.6 Å². The van der Waals surface area contributed by atoms with Crippen LogP contribution in [0.1, 0.15) is 38.3 Å². The normalized spacial score (nSPS) is 11.9. The molecular formula is C15H22ClN3O. The van der Waals surface area contributed by atoms with Crippen LogP contribution in [-0.2, 0) is 6.54 Å². The number of H-pyrrole nitrogens is 1. The standard InChI is InChI=1S/C15H22ClN3O/c1-5-10(6-2)19-14-11(9-18(3)4)12(16)7-8-13(14)17-15(19)20/h7-8,10H,5-6,9H2,1-4H3,(H,17,20). The van der Waals surface area contributed by atoms with E-state index in [4.69, 9.17) is 11.6 Å². The van der Waals surface area contributed by atoms with Gasteiger partial charge in [0.25, 0.3) is 0 Å². The topological polar surface area (TPSA) is 41.0 Å². The molecule has 1 heterocycles. The molecule has 1 aromatic carbocycles. The Balaban J connectivity index is 2.77. The molecule has 4 nitrogen and oxygen atoms in total. The third-order valence-electron chi connectivity index (χ3n) is 3.71. The van der Waals surface area contributed by atoms with Crippen molar-refractivity contribution >= 4 is 22.6 Å². The Kier molecular flexibility index (Phi) is 4.55. The minimum atomic E-state index is -0.0454. The fourth-order valence-corrected chi connectivity index (χ4v) is 2.95. The van der Waals surface area contributed by atoms with Crippen LogP contribution >= 0.6 is 11.6 Å². The second kappa shape index (κ2) is 6.02.